The third kappa shape index (κ3) is 2.32. The molecule has 1 N–H and O–H groups in total. The van der Waals surface area contributed by atoms with E-state index in [9.17, 15) is 14.3 Å². The highest BCUT2D eigenvalue weighted by atomic mass is 35.5. The van der Waals surface area contributed by atoms with Gasteiger partial charge in [-0.3, -0.25) is 0 Å². The number of methoxy groups -OCH3 is 1. The number of benzene rings is 1. The van der Waals surface area contributed by atoms with Crippen LogP contribution in [0, 0.1) is 5.82 Å². The summed E-state index contributed by atoms with van der Waals surface area (Å²) in [5.41, 5.74) is 0.622. The Labute approximate surface area is 111 Å². The van der Waals surface area contributed by atoms with Gasteiger partial charge in [0.2, 0.25) is 0 Å². The fourth-order valence-corrected chi connectivity index (χ4v) is 2.56. The summed E-state index contributed by atoms with van der Waals surface area (Å²) in [7, 11) is 1.23. The Morgan fingerprint density at radius 2 is 2.17 bits per heavy atom. The van der Waals surface area contributed by atoms with Gasteiger partial charge in [-0.1, -0.05) is 17.7 Å². The highest BCUT2D eigenvalue weighted by Crippen LogP contribution is 2.37. The molecule has 0 fully saturated rings. The molecule has 1 aromatic heterocycles. The van der Waals surface area contributed by atoms with Crippen LogP contribution in [0.4, 0.5) is 4.39 Å². The van der Waals surface area contributed by atoms with E-state index in [1.165, 1.54) is 31.4 Å². The molecule has 0 saturated carbocycles. The van der Waals surface area contributed by atoms with Crippen molar-refractivity contribution in [1.82, 2.24) is 0 Å². The predicted molar refractivity (Wildman–Crippen MR) is 67.7 cm³/mol. The second-order valence-electron chi connectivity index (χ2n) is 3.45. The highest BCUT2D eigenvalue weighted by molar-refractivity contribution is 7.17. The topological polar surface area (TPSA) is 46.5 Å². The number of rotatable bonds is 2. The molecule has 0 aliphatic heterocycles. The van der Waals surface area contributed by atoms with E-state index >= 15 is 0 Å². The molecule has 0 bridgehead atoms. The third-order valence-corrected chi connectivity index (χ3v) is 3.73. The maximum Gasteiger partial charge on any atom is 0.351 e. The Bertz CT molecular complexity index is 609. The van der Waals surface area contributed by atoms with Crippen LogP contribution >= 0.6 is 22.9 Å². The van der Waals surface area contributed by atoms with E-state index < -0.39 is 11.8 Å². The number of ether oxygens (including phenoxy) is 1. The number of carbonyl (C=O) groups is 1. The number of carbonyl (C=O) groups excluding carboxylic acids is 1. The van der Waals surface area contributed by atoms with Gasteiger partial charge in [0.25, 0.3) is 0 Å². The summed E-state index contributed by atoms with van der Waals surface area (Å²) in [4.78, 5) is 12.1. The van der Waals surface area contributed by atoms with Gasteiger partial charge in [0.05, 0.1) is 12.1 Å². The van der Waals surface area contributed by atoms with Crippen molar-refractivity contribution in [1.29, 1.82) is 0 Å². The molecule has 0 spiro atoms. The average Bonchev–Trinajstić information content (AvgIpc) is 2.74. The molecule has 0 atom stereocenters. The maximum atomic E-state index is 13.0. The Balaban J connectivity index is 2.45. The van der Waals surface area contributed by atoms with Crippen molar-refractivity contribution in [2.24, 2.45) is 0 Å². The molecule has 3 nitrogen and oxygen atoms in total. The van der Waals surface area contributed by atoms with E-state index in [2.05, 4.69) is 4.74 Å². The lowest BCUT2D eigenvalue weighted by atomic mass is 10.2. The zero-order valence-electron chi connectivity index (χ0n) is 9.24. The van der Waals surface area contributed by atoms with Crippen LogP contribution in [0.5, 0.6) is 5.75 Å². The number of aromatic hydroxyl groups is 1. The molecular formula is C12H8ClFO3S. The minimum absolute atomic E-state index is 0.0139. The van der Waals surface area contributed by atoms with Gasteiger partial charge >= 0.3 is 5.97 Å². The minimum Gasteiger partial charge on any atom is -0.506 e. The smallest absolute Gasteiger partial charge is 0.351 e. The molecular weight excluding hydrogens is 279 g/mol. The maximum absolute atomic E-state index is 13.0. The van der Waals surface area contributed by atoms with E-state index in [1.807, 2.05) is 0 Å². The fourth-order valence-electron chi connectivity index (χ4n) is 1.41. The van der Waals surface area contributed by atoms with E-state index in [0.717, 1.165) is 11.3 Å². The van der Waals surface area contributed by atoms with E-state index in [1.54, 1.807) is 0 Å². The molecule has 94 valence electrons. The van der Waals surface area contributed by atoms with Gasteiger partial charge in [0.15, 0.2) is 4.88 Å². The molecule has 1 heterocycles. The number of esters is 1. The fraction of sp³-hybridized carbons (Fsp3) is 0.0833. The number of hydrogen-bond donors (Lipinski definition) is 1. The van der Waals surface area contributed by atoms with Crippen LogP contribution in [-0.2, 0) is 4.74 Å². The summed E-state index contributed by atoms with van der Waals surface area (Å²) >= 11 is 6.73. The quantitative estimate of drug-likeness (QED) is 0.856. The van der Waals surface area contributed by atoms with Crippen LogP contribution in [0.2, 0.25) is 5.02 Å². The van der Waals surface area contributed by atoms with Crippen molar-refractivity contribution in [3.63, 3.8) is 0 Å². The van der Waals surface area contributed by atoms with E-state index in [0.29, 0.717) is 10.4 Å². The van der Waals surface area contributed by atoms with Gasteiger partial charge in [0.1, 0.15) is 11.6 Å². The van der Waals surface area contributed by atoms with Crippen molar-refractivity contribution in [3.05, 3.63) is 40.0 Å². The average molecular weight is 287 g/mol. The molecule has 0 unspecified atom stereocenters. The zero-order valence-corrected chi connectivity index (χ0v) is 10.8. The molecule has 0 aliphatic carbocycles. The lowest BCUT2D eigenvalue weighted by Gasteiger charge is -1.98. The van der Waals surface area contributed by atoms with Crippen LogP contribution in [0.15, 0.2) is 24.3 Å². The monoisotopic (exact) mass is 286 g/mol. The molecule has 1 aromatic carbocycles. The second-order valence-corrected chi connectivity index (χ2v) is 4.90. The summed E-state index contributed by atoms with van der Waals surface area (Å²) in [6.07, 6.45) is 0. The van der Waals surface area contributed by atoms with Gasteiger partial charge in [0, 0.05) is 4.88 Å². The first-order valence-electron chi connectivity index (χ1n) is 4.89. The lowest BCUT2D eigenvalue weighted by Crippen LogP contribution is -1.97. The van der Waals surface area contributed by atoms with Crippen LogP contribution in [0.3, 0.4) is 0 Å². The Morgan fingerprint density at radius 3 is 2.78 bits per heavy atom. The lowest BCUT2D eigenvalue weighted by molar-refractivity contribution is 0.0603. The molecule has 6 heteroatoms. The first kappa shape index (κ1) is 12.9. The van der Waals surface area contributed by atoms with Crippen LogP contribution in [-0.4, -0.2) is 18.2 Å². The largest absolute Gasteiger partial charge is 0.506 e. The Kier molecular flexibility index (Phi) is 3.54. The van der Waals surface area contributed by atoms with Crippen molar-refractivity contribution < 1.29 is 19.0 Å². The predicted octanol–water partition coefficient (Wildman–Crippen LogP) is 3.70. The van der Waals surface area contributed by atoms with Crippen LogP contribution in [0.1, 0.15) is 9.67 Å². The highest BCUT2D eigenvalue weighted by Gasteiger charge is 2.17. The third-order valence-electron chi connectivity index (χ3n) is 2.29. The van der Waals surface area contributed by atoms with Gasteiger partial charge in [-0.25, -0.2) is 9.18 Å². The van der Waals surface area contributed by atoms with Crippen molar-refractivity contribution >= 4 is 28.9 Å². The van der Waals surface area contributed by atoms with E-state index in [-0.39, 0.29) is 15.6 Å². The molecule has 2 rings (SSSR count). The normalized spacial score (nSPS) is 10.4. The summed E-state index contributed by atoms with van der Waals surface area (Å²) < 4.78 is 17.6. The van der Waals surface area contributed by atoms with Gasteiger partial charge in [-0.15, -0.1) is 11.3 Å². The molecule has 18 heavy (non-hydrogen) atoms. The van der Waals surface area contributed by atoms with Crippen molar-refractivity contribution in [2.45, 2.75) is 0 Å². The summed E-state index contributed by atoms with van der Waals surface area (Å²) in [5.74, 6) is -1.30. The summed E-state index contributed by atoms with van der Waals surface area (Å²) in [6.45, 7) is 0. The van der Waals surface area contributed by atoms with Crippen molar-refractivity contribution in [2.75, 3.05) is 7.11 Å². The first-order valence-corrected chi connectivity index (χ1v) is 6.09. The number of hydrogen-bond acceptors (Lipinski definition) is 4. The molecule has 2 aromatic rings. The number of thiophene rings is 1. The molecule has 0 saturated heterocycles. The Hall–Kier alpha value is -1.59. The van der Waals surface area contributed by atoms with Crippen LogP contribution in [0.25, 0.3) is 10.4 Å². The molecule has 0 aliphatic rings. The summed E-state index contributed by atoms with van der Waals surface area (Å²) in [5, 5.41) is 9.61. The minimum atomic E-state index is -0.614. The SMILES string of the molecule is COC(=O)c1sc(-c2ccc(F)c(Cl)c2)cc1O. The van der Waals surface area contributed by atoms with Crippen LogP contribution < -0.4 is 0 Å². The number of halogens is 2. The standard InChI is InChI=1S/C12H8ClFO3S/c1-17-12(16)11-9(15)5-10(18-11)6-2-3-8(14)7(13)4-6/h2-5,15H,1H3. The summed E-state index contributed by atoms with van der Waals surface area (Å²) in [6, 6.07) is 5.60. The second kappa shape index (κ2) is 4.96. The van der Waals surface area contributed by atoms with Gasteiger partial charge < -0.3 is 9.84 Å². The van der Waals surface area contributed by atoms with Gasteiger partial charge in [-0.05, 0) is 23.8 Å². The van der Waals surface area contributed by atoms with Crippen molar-refractivity contribution in [3.8, 4) is 16.2 Å². The zero-order chi connectivity index (χ0) is 13.3. The van der Waals surface area contributed by atoms with E-state index in [4.69, 9.17) is 11.6 Å². The molecule has 0 amide bonds. The Morgan fingerprint density at radius 1 is 1.44 bits per heavy atom. The molecule has 0 radical (unpaired) electrons. The van der Waals surface area contributed by atoms with Gasteiger partial charge in [-0.2, -0.15) is 0 Å². The first-order chi connectivity index (χ1) is 8.52.